The maximum Gasteiger partial charge on any atom is 0.0968 e. The molecule has 2 aromatic rings. The molecule has 0 aliphatic heterocycles. The summed E-state index contributed by atoms with van der Waals surface area (Å²) in [6, 6.07) is 9.83. The number of thioether (sulfide) groups is 1. The Balaban J connectivity index is 2.20. The van der Waals surface area contributed by atoms with Gasteiger partial charge in [-0.15, -0.1) is 11.8 Å². The first kappa shape index (κ1) is 11.2. The van der Waals surface area contributed by atoms with E-state index in [1.807, 2.05) is 30.3 Å². The molecule has 0 bridgehead atoms. The standard InChI is InChI=1S/C12H14N2OS/c1-15-6-7-16-12-5-2-9-8-10(13)3-4-11(9)14-12/h2-5,8H,6-7,13H2,1H3. The molecule has 4 heteroatoms. The van der Waals surface area contributed by atoms with Crippen LogP contribution >= 0.6 is 11.8 Å². The Morgan fingerprint density at radius 2 is 2.19 bits per heavy atom. The van der Waals surface area contributed by atoms with E-state index in [1.54, 1.807) is 18.9 Å². The molecule has 1 aromatic heterocycles. The van der Waals surface area contributed by atoms with Gasteiger partial charge in [-0.05, 0) is 24.3 Å². The van der Waals surface area contributed by atoms with Crippen molar-refractivity contribution in [3.63, 3.8) is 0 Å². The number of methoxy groups -OCH3 is 1. The number of nitrogen functional groups attached to an aromatic ring is 1. The number of fused-ring (bicyclic) bond motifs is 1. The van der Waals surface area contributed by atoms with Crippen molar-refractivity contribution in [1.29, 1.82) is 0 Å². The first-order valence-corrected chi connectivity index (χ1v) is 6.06. The molecule has 2 rings (SSSR count). The van der Waals surface area contributed by atoms with Gasteiger partial charge in [-0.2, -0.15) is 0 Å². The van der Waals surface area contributed by atoms with Gasteiger partial charge in [0, 0.05) is 23.9 Å². The summed E-state index contributed by atoms with van der Waals surface area (Å²) < 4.78 is 5.00. The lowest BCUT2D eigenvalue weighted by atomic mass is 10.2. The van der Waals surface area contributed by atoms with Crippen molar-refractivity contribution in [3.05, 3.63) is 30.3 Å². The van der Waals surface area contributed by atoms with Crippen LogP contribution in [0.3, 0.4) is 0 Å². The van der Waals surface area contributed by atoms with Crippen LogP contribution in [-0.2, 0) is 4.74 Å². The van der Waals surface area contributed by atoms with E-state index < -0.39 is 0 Å². The van der Waals surface area contributed by atoms with Gasteiger partial charge in [-0.3, -0.25) is 0 Å². The van der Waals surface area contributed by atoms with Gasteiger partial charge in [-0.1, -0.05) is 6.07 Å². The van der Waals surface area contributed by atoms with Crippen molar-refractivity contribution in [2.45, 2.75) is 5.03 Å². The van der Waals surface area contributed by atoms with Crippen molar-refractivity contribution in [3.8, 4) is 0 Å². The van der Waals surface area contributed by atoms with Crippen LogP contribution in [-0.4, -0.2) is 24.5 Å². The van der Waals surface area contributed by atoms with Crippen LogP contribution in [0, 0.1) is 0 Å². The van der Waals surface area contributed by atoms with Gasteiger partial charge in [0.2, 0.25) is 0 Å². The molecule has 1 aromatic carbocycles. The lowest BCUT2D eigenvalue weighted by Crippen LogP contribution is -1.92. The third kappa shape index (κ3) is 2.65. The highest BCUT2D eigenvalue weighted by Gasteiger charge is 1.99. The molecular weight excluding hydrogens is 220 g/mol. The molecule has 0 atom stereocenters. The molecule has 3 nitrogen and oxygen atoms in total. The van der Waals surface area contributed by atoms with Crippen LogP contribution in [0.5, 0.6) is 0 Å². The zero-order valence-electron chi connectivity index (χ0n) is 9.14. The number of nitrogens with zero attached hydrogens (tertiary/aromatic N) is 1. The Morgan fingerprint density at radius 1 is 1.31 bits per heavy atom. The Bertz CT molecular complexity index is 487. The van der Waals surface area contributed by atoms with E-state index in [1.165, 1.54) is 0 Å². The van der Waals surface area contributed by atoms with E-state index in [0.717, 1.165) is 34.0 Å². The fraction of sp³-hybridized carbons (Fsp3) is 0.250. The molecular formula is C12H14N2OS. The number of hydrogen-bond donors (Lipinski definition) is 1. The zero-order valence-corrected chi connectivity index (χ0v) is 9.96. The van der Waals surface area contributed by atoms with Gasteiger partial charge in [0.25, 0.3) is 0 Å². The van der Waals surface area contributed by atoms with Crippen LogP contribution < -0.4 is 5.73 Å². The maximum absolute atomic E-state index is 5.71. The number of hydrogen-bond acceptors (Lipinski definition) is 4. The van der Waals surface area contributed by atoms with Gasteiger partial charge >= 0.3 is 0 Å². The predicted molar refractivity (Wildman–Crippen MR) is 68.8 cm³/mol. The molecule has 0 amide bonds. The molecule has 1 heterocycles. The smallest absolute Gasteiger partial charge is 0.0968 e. The maximum atomic E-state index is 5.71. The van der Waals surface area contributed by atoms with Gasteiger partial charge in [0.05, 0.1) is 17.1 Å². The third-order valence-electron chi connectivity index (χ3n) is 2.23. The largest absolute Gasteiger partial charge is 0.399 e. The quantitative estimate of drug-likeness (QED) is 0.502. The van der Waals surface area contributed by atoms with Crippen LogP contribution in [0.2, 0.25) is 0 Å². The van der Waals surface area contributed by atoms with Crippen LogP contribution in [0.15, 0.2) is 35.4 Å². The molecule has 0 spiro atoms. The summed E-state index contributed by atoms with van der Waals surface area (Å²) in [6.45, 7) is 0.742. The van der Waals surface area contributed by atoms with Crippen molar-refractivity contribution < 1.29 is 4.74 Å². The number of rotatable bonds is 4. The number of benzene rings is 1. The van der Waals surface area contributed by atoms with Crippen LogP contribution in [0.4, 0.5) is 5.69 Å². The lowest BCUT2D eigenvalue weighted by Gasteiger charge is -2.03. The second-order valence-electron chi connectivity index (χ2n) is 3.44. The fourth-order valence-electron chi connectivity index (χ4n) is 1.44. The normalized spacial score (nSPS) is 10.8. The molecule has 0 saturated heterocycles. The molecule has 0 aliphatic carbocycles. The summed E-state index contributed by atoms with van der Waals surface area (Å²) >= 11 is 1.70. The number of nitrogens with two attached hydrogens (primary N) is 1. The topological polar surface area (TPSA) is 48.1 Å². The molecule has 0 saturated carbocycles. The fourth-order valence-corrected chi connectivity index (χ4v) is 2.22. The highest BCUT2D eigenvalue weighted by Crippen LogP contribution is 2.21. The number of anilines is 1. The molecule has 0 aliphatic rings. The lowest BCUT2D eigenvalue weighted by molar-refractivity contribution is 0.218. The average Bonchev–Trinajstić information content (AvgIpc) is 2.29. The minimum atomic E-state index is 0.742. The highest BCUT2D eigenvalue weighted by atomic mass is 32.2. The van der Waals surface area contributed by atoms with E-state index in [9.17, 15) is 0 Å². The molecule has 2 N–H and O–H groups in total. The molecule has 0 unspecified atom stereocenters. The highest BCUT2D eigenvalue weighted by molar-refractivity contribution is 7.99. The Kier molecular flexibility index (Phi) is 3.64. The zero-order chi connectivity index (χ0) is 11.4. The van der Waals surface area contributed by atoms with Gasteiger partial charge in [0.15, 0.2) is 0 Å². The monoisotopic (exact) mass is 234 g/mol. The number of pyridine rings is 1. The number of ether oxygens (including phenoxy) is 1. The van der Waals surface area contributed by atoms with E-state index in [0.29, 0.717) is 0 Å². The third-order valence-corrected chi connectivity index (χ3v) is 3.12. The van der Waals surface area contributed by atoms with Crippen molar-refractivity contribution in [2.24, 2.45) is 0 Å². The summed E-state index contributed by atoms with van der Waals surface area (Å²) in [6.07, 6.45) is 0. The minimum Gasteiger partial charge on any atom is -0.399 e. The SMILES string of the molecule is COCCSc1ccc2cc(N)ccc2n1. The Morgan fingerprint density at radius 3 is 3.00 bits per heavy atom. The number of aromatic nitrogens is 1. The predicted octanol–water partition coefficient (Wildman–Crippen LogP) is 2.56. The van der Waals surface area contributed by atoms with E-state index in [4.69, 9.17) is 10.5 Å². The summed E-state index contributed by atoms with van der Waals surface area (Å²) in [7, 11) is 1.71. The van der Waals surface area contributed by atoms with Crippen LogP contribution in [0.1, 0.15) is 0 Å². The second kappa shape index (κ2) is 5.18. The average molecular weight is 234 g/mol. The minimum absolute atomic E-state index is 0.742. The van der Waals surface area contributed by atoms with E-state index in [-0.39, 0.29) is 0 Å². The summed E-state index contributed by atoms with van der Waals surface area (Å²) in [5.41, 5.74) is 7.47. The summed E-state index contributed by atoms with van der Waals surface area (Å²) in [5, 5.41) is 2.10. The van der Waals surface area contributed by atoms with E-state index in [2.05, 4.69) is 4.98 Å². The first-order chi connectivity index (χ1) is 7.79. The first-order valence-electron chi connectivity index (χ1n) is 5.07. The Labute approximate surface area is 99.0 Å². The van der Waals surface area contributed by atoms with Gasteiger partial charge in [-0.25, -0.2) is 4.98 Å². The van der Waals surface area contributed by atoms with Crippen molar-refractivity contribution >= 4 is 28.4 Å². The molecule has 84 valence electrons. The van der Waals surface area contributed by atoms with E-state index >= 15 is 0 Å². The van der Waals surface area contributed by atoms with Gasteiger partial charge in [0.1, 0.15) is 0 Å². The molecule has 0 fully saturated rings. The second-order valence-corrected chi connectivity index (χ2v) is 4.56. The molecule has 16 heavy (non-hydrogen) atoms. The Hall–Kier alpha value is -1.26. The summed E-state index contributed by atoms with van der Waals surface area (Å²) in [4.78, 5) is 4.54. The molecule has 0 radical (unpaired) electrons. The van der Waals surface area contributed by atoms with Crippen molar-refractivity contribution in [1.82, 2.24) is 4.98 Å². The summed E-state index contributed by atoms with van der Waals surface area (Å²) in [5.74, 6) is 0.921. The van der Waals surface area contributed by atoms with Gasteiger partial charge < -0.3 is 10.5 Å². The van der Waals surface area contributed by atoms with Crippen molar-refractivity contribution in [2.75, 3.05) is 25.2 Å². The van der Waals surface area contributed by atoms with Crippen LogP contribution in [0.25, 0.3) is 10.9 Å².